The summed E-state index contributed by atoms with van der Waals surface area (Å²) >= 11 is 0. The van der Waals surface area contributed by atoms with Crippen LogP contribution in [0.1, 0.15) is 21.6 Å². The van der Waals surface area contributed by atoms with Crippen LogP contribution in [0.3, 0.4) is 0 Å². The van der Waals surface area contributed by atoms with E-state index in [1.807, 2.05) is 44.2 Å². The summed E-state index contributed by atoms with van der Waals surface area (Å²) in [6.07, 6.45) is 1.57. The zero-order chi connectivity index (χ0) is 13.1. The van der Waals surface area contributed by atoms with Gasteiger partial charge in [-0.2, -0.15) is 0 Å². The van der Waals surface area contributed by atoms with Crippen LogP contribution in [0.2, 0.25) is 0 Å². The van der Waals surface area contributed by atoms with Crippen molar-refractivity contribution in [1.29, 1.82) is 0 Å². The monoisotopic (exact) mass is 241 g/mol. The van der Waals surface area contributed by atoms with Gasteiger partial charge in [0.05, 0.1) is 12.7 Å². The molecule has 0 bridgehead atoms. The zero-order valence-corrected chi connectivity index (χ0v) is 10.7. The number of ether oxygens (including phenoxy) is 1. The first kappa shape index (κ1) is 12.3. The molecule has 0 spiro atoms. The second kappa shape index (κ2) is 5.00. The Morgan fingerprint density at radius 3 is 2.44 bits per heavy atom. The molecule has 2 aromatic rings. The van der Waals surface area contributed by atoms with Gasteiger partial charge in [0.2, 0.25) is 0 Å². The van der Waals surface area contributed by atoms with Crippen molar-refractivity contribution in [2.75, 3.05) is 7.11 Å². The largest absolute Gasteiger partial charge is 0.465 e. The van der Waals surface area contributed by atoms with E-state index < -0.39 is 0 Å². The fourth-order valence-electron chi connectivity index (χ4n) is 2.07. The molecule has 0 radical (unpaired) electrons. The van der Waals surface area contributed by atoms with Crippen LogP contribution in [-0.2, 0) is 4.74 Å². The summed E-state index contributed by atoms with van der Waals surface area (Å²) in [7, 11) is 1.38. The van der Waals surface area contributed by atoms with E-state index in [0.29, 0.717) is 5.56 Å². The Labute approximate surface area is 106 Å². The molecule has 3 heteroatoms. The molecule has 0 aliphatic heterocycles. The highest BCUT2D eigenvalue weighted by Gasteiger charge is 2.15. The number of hydrogen-bond acceptors (Lipinski definition) is 3. The Balaban J connectivity index is 2.64. The van der Waals surface area contributed by atoms with Gasteiger partial charge < -0.3 is 4.74 Å². The number of benzene rings is 1. The number of esters is 1. The highest BCUT2D eigenvalue weighted by Crippen LogP contribution is 2.28. The molecule has 1 heterocycles. The van der Waals surface area contributed by atoms with E-state index in [-0.39, 0.29) is 5.97 Å². The minimum absolute atomic E-state index is 0.350. The van der Waals surface area contributed by atoms with Crippen LogP contribution in [0, 0.1) is 13.8 Å². The number of aromatic nitrogens is 1. The van der Waals surface area contributed by atoms with E-state index in [0.717, 1.165) is 22.4 Å². The summed E-state index contributed by atoms with van der Waals surface area (Å²) in [6.45, 7) is 3.86. The molecule has 0 amide bonds. The fraction of sp³-hybridized carbons (Fsp3) is 0.200. The Hall–Kier alpha value is -2.16. The molecule has 0 atom stereocenters. The molecule has 1 aromatic carbocycles. The molecule has 92 valence electrons. The molecule has 18 heavy (non-hydrogen) atoms. The lowest BCUT2D eigenvalue weighted by atomic mass is 9.96. The van der Waals surface area contributed by atoms with Crippen molar-refractivity contribution in [1.82, 2.24) is 4.98 Å². The van der Waals surface area contributed by atoms with Crippen LogP contribution >= 0.6 is 0 Å². The normalized spacial score (nSPS) is 10.2. The molecule has 0 fully saturated rings. The van der Waals surface area contributed by atoms with Crippen molar-refractivity contribution < 1.29 is 9.53 Å². The quantitative estimate of drug-likeness (QED) is 0.758. The van der Waals surface area contributed by atoms with Crippen LogP contribution < -0.4 is 0 Å². The van der Waals surface area contributed by atoms with Gasteiger partial charge in [-0.25, -0.2) is 4.79 Å². The number of hydrogen-bond donors (Lipinski definition) is 0. The first-order valence-electron chi connectivity index (χ1n) is 5.75. The second-order valence-corrected chi connectivity index (χ2v) is 4.11. The van der Waals surface area contributed by atoms with Crippen molar-refractivity contribution in [3.05, 3.63) is 53.3 Å². The first-order valence-corrected chi connectivity index (χ1v) is 5.75. The maximum atomic E-state index is 11.7. The van der Waals surface area contributed by atoms with Crippen LogP contribution in [0.25, 0.3) is 11.1 Å². The number of carbonyl (C=O) groups is 1. The van der Waals surface area contributed by atoms with Crippen LogP contribution in [0.5, 0.6) is 0 Å². The lowest BCUT2D eigenvalue weighted by molar-refractivity contribution is 0.0599. The first-order chi connectivity index (χ1) is 8.65. The van der Waals surface area contributed by atoms with E-state index in [4.69, 9.17) is 4.74 Å². The van der Waals surface area contributed by atoms with Gasteiger partial charge in [0.1, 0.15) is 0 Å². The van der Waals surface area contributed by atoms with Gasteiger partial charge >= 0.3 is 5.97 Å². The number of aryl methyl sites for hydroxylation is 1. The summed E-state index contributed by atoms with van der Waals surface area (Å²) in [6, 6.07) is 9.93. The Morgan fingerprint density at radius 1 is 1.17 bits per heavy atom. The molecular weight excluding hydrogens is 226 g/mol. The summed E-state index contributed by atoms with van der Waals surface area (Å²) in [5, 5.41) is 0. The van der Waals surface area contributed by atoms with Crippen molar-refractivity contribution >= 4 is 5.97 Å². The molecule has 0 unspecified atom stereocenters. The number of pyridine rings is 1. The Bertz CT molecular complexity index is 577. The van der Waals surface area contributed by atoms with Gasteiger partial charge in [0, 0.05) is 17.5 Å². The van der Waals surface area contributed by atoms with E-state index in [9.17, 15) is 4.79 Å². The predicted octanol–water partition coefficient (Wildman–Crippen LogP) is 3.15. The van der Waals surface area contributed by atoms with Gasteiger partial charge in [-0.1, -0.05) is 30.3 Å². The SMILES string of the molecule is COC(=O)c1cnc(C)c(-c2ccccc2)c1C. The summed E-state index contributed by atoms with van der Waals surface area (Å²) in [5.74, 6) is -0.350. The smallest absolute Gasteiger partial charge is 0.339 e. The maximum absolute atomic E-state index is 11.7. The zero-order valence-electron chi connectivity index (χ0n) is 10.7. The van der Waals surface area contributed by atoms with Gasteiger partial charge in [0.25, 0.3) is 0 Å². The third kappa shape index (κ3) is 2.12. The summed E-state index contributed by atoms with van der Waals surface area (Å²) < 4.78 is 4.77. The molecular formula is C15H15NO2. The van der Waals surface area contributed by atoms with Crippen LogP contribution in [0.4, 0.5) is 0 Å². The number of nitrogens with zero attached hydrogens (tertiary/aromatic N) is 1. The molecule has 2 rings (SSSR count). The molecule has 0 aliphatic carbocycles. The third-order valence-electron chi connectivity index (χ3n) is 3.00. The Morgan fingerprint density at radius 2 is 1.83 bits per heavy atom. The average Bonchev–Trinajstić information content (AvgIpc) is 2.39. The second-order valence-electron chi connectivity index (χ2n) is 4.11. The fourth-order valence-corrected chi connectivity index (χ4v) is 2.07. The standard InChI is InChI=1S/C15H15NO2/c1-10-13(15(17)18-3)9-16-11(2)14(10)12-7-5-4-6-8-12/h4-9H,1-3H3. The maximum Gasteiger partial charge on any atom is 0.339 e. The minimum Gasteiger partial charge on any atom is -0.465 e. The van der Waals surface area contributed by atoms with Gasteiger partial charge in [-0.3, -0.25) is 4.98 Å². The molecule has 0 N–H and O–H groups in total. The molecule has 3 nitrogen and oxygen atoms in total. The minimum atomic E-state index is -0.350. The number of methoxy groups -OCH3 is 1. The molecule has 0 saturated heterocycles. The number of carbonyl (C=O) groups excluding carboxylic acids is 1. The highest BCUT2D eigenvalue weighted by atomic mass is 16.5. The van der Waals surface area contributed by atoms with Crippen molar-refractivity contribution in [2.24, 2.45) is 0 Å². The topological polar surface area (TPSA) is 39.2 Å². The van der Waals surface area contributed by atoms with Crippen molar-refractivity contribution in [2.45, 2.75) is 13.8 Å². The van der Waals surface area contributed by atoms with Crippen LogP contribution in [-0.4, -0.2) is 18.1 Å². The van der Waals surface area contributed by atoms with Gasteiger partial charge in [-0.15, -0.1) is 0 Å². The van der Waals surface area contributed by atoms with E-state index in [1.165, 1.54) is 7.11 Å². The van der Waals surface area contributed by atoms with E-state index >= 15 is 0 Å². The summed E-state index contributed by atoms with van der Waals surface area (Å²) in [5.41, 5.74) is 4.39. The third-order valence-corrected chi connectivity index (χ3v) is 3.00. The Kier molecular flexibility index (Phi) is 3.42. The van der Waals surface area contributed by atoms with Crippen molar-refractivity contribution in [3.8, 4) is 11.1 Å². The molecule has 0 saturated carbocycles. The number of rotatable bonds is 2. The van der Waals surface area contributed by atoms with Crippen molar-refractivity contribution in [3.63, 3.8) is 0 Å². The van der Waals surface area contributed by atoms with E-state index in [1.54, 1.807) is 6.20 Å². The highest BCUT2D eigenvalue weighted by molar-refractivity contribution is 5.93. The van der Waals surface area contributed by atoms with Crippen LogP contribution in [0.15, 0.2) is 36.5 Å². The molecule has 0 aliphatic rings. The van der Waals surface area contributed by atoms with Gasteiger partial charge in [-0.05, 0) is 25.0 Å². The predicted molar refractivity (Wildman–Crippen MR) is 70.5 cm³/mol. The lowest BCUT2D eigenvalue weighted by Crippen LogP contribution is -2.07. The van der Waals surface area contributed by atoms with E-state index in [2.05, 4.69) is 4.98 Å². The van der Waals surface area contributed by atoms with Gasteiger partial charge in [0.15, 0.2) is 0 Å². The average molecular weight is 241 g/mol. The summed E-state index contributed by atoms with van der Waals surface area (Å²) in [4.78, 5) is 16.0. The molecule has 1 aromatic heterocycles. The lowest BCUT2D eigenvalue weighted by Gasteiger charge is -2.12.